The molecule has 0 heterocycles. The van der Waals surface area contributed by atoms with E-state index in [0.29, 0.717) is 11.3 Å². The monoisotopic (exact) mass is 230 g/mol. The first-order chi connectivity index (χ1) is 6.69. The van der Waals surface area contributed by atoms with Crippen LogP contribution < -0.4 is 0 Å². The smallest absolute Gasteiger partial charge is 0.106 e. The van der Waals surface area contributed by atoms with Crippen molar-refractivity contribution in [3.05, 3.63) is 35.4 Å². The van der Waals surface area contributed by atoms with Gasteiger partial charge in [0.1, 0.15) is 6.10 Å². The van der Waals surface area contributed by atoms with E-state index in [0.717, 1.165) is 5.56 Å². The quantitative estimate of drug-likeness (QED) is 0.591. The van der Waals surface area contributed by atoms with Crippen molar-refractivity contribution in [3.63, 3.8) is 0 Å². The fourth-order valence-electron chi connectivity index (χ4n) is 1.20. The zero-order valence-corrected chi connectivity index (χ0v) is 9.46. The van der Waals surface area contributed by atoms with Crippen LogP contribution in [0.4, 0.5) is 0 Å². The first-order valence-corrected chi connectivity index (χ1v) is 5.62. The summed E-state index contributed by atoms with van der Waals surface area (Å²) in [4.78, 5) is 0. The van der Waals surface area contributed by atoms with Crippen molar-refractivity contribution >= 4 is 25.3 Å². The third-order valence-electron chi connectivity index (χ3n) is 2.03. The first-order valence-electron chi connectivity index (χ1n) is 4.35. The Balaban J connectivity index is 2.83. The number of hydrogen-bond acceptors (Lipinski definition) is 4. The molecule has 14 heavy (non-hydrogen) atoms. The molecular formula is C10H14O2S2. The highest BCUT2D eigenvalue weighted by Gasteiger charge is 2.16. The number of rotatable bonds is 4. The lowest BCUT2D eigenvalue weighted by atomic mass is 10.0. The second-order valence-electron chi connectivity index (χ2n) is 3.10. The van der Waals surface area contributed by atoms with Gasteiger partial charge in [0.05, 0.1) is 6.10 Å². The van der Waals surface area contributed by atoms with Crippen molar-refractivity contribution in [2.45, 2.75) is 18.0 Å². The molecule has 2 atom stereocenters. The molecule has 0 aliphatic rings. The lowest BCUT2D eigenvalue weighted by Crippen LogP contribution is -2.19. The third kappa shape index (κ3) is 2.92. The summed E-state index contributed by atoms with van der Waals surface area (Å²) in [5, 5.41) is 19.1. The average molecular weight is 230 g/mol. The van der Waals surface area contributed by atoms with Gasteiger partial charge in [0.15, 0.2) is 0 Å². The SMILES string of the molecule is OC(CS)C(O)c1cccc(CS)c1. The minimum atomic E-state index is -0.868. The Bertz CT molecular complexity index is 291. The average Bonchev–Trinajstić information content (AvgIpc) is 2.27. The topological polar surface area (TPSA) is 40.5 Å². The molecule has 78 valence electrons. The van der Waals surface area contributed by atoms with Crippen LogP contribution in [-0.4, -0.2) is 22.1 Å². The molecule has 0 aromatic heterocycles. The number of thiol groups is 2. The van der Waals surface area contributed by atoms with Gasteiger partial charge in [-0.3, -0.25) is 0 Å². The molecule has 0 saturated heterocycles. The molecule has 1 rings (SSSR count). The van der Waals surface area contributed by atoms with Gasteiger partial charge in [-0.15, -0.1) is 0 Å². The predicted molar refractivity (Wildman–Crippen MR) is 64.0 cm³/mol. The Morgan fingerprint density at radius 1 is 1.21 bits per heavy atom. The van der Waals surface area contributed by atoms with Crippen molar-refractivity contribution in [2.75, 3.05) is 5.75 Å². The lowest BCUT2D eigenvalue weighted by molar-refractivity contribution is 0.0337. The van der Waals surface area contributed by atoms with E-state index in [1.54, 1.807) is 6.07 Å². The second kappa shape index (κ2) is 5.66. The highest BCUT2D eigenvalue weighted by molar-refractivity contribution is 7.80. The Morgan fingerprint density at radius 3 is 2.50 bits per heavy atom. The van der Waals surface area contributed by atoms with Crippen molar-refractivity contribution in [3.8, 4) is 0 Å². The second-order valence-corrected chi connectivity index (χ2v) is 3.78. The highest BCUT2D eigenvalue weighted by atomic mass is 32.1. The third-order valence-corrected chi connectivity index (χ3v) is 2.77. The van der Waals surface area contributed by atoms with Gasteiger partial charge in [0.2, 0.25) is 0 Å². The first kappa shape index (κ1) is 11.9. The maximum Gasteiger partial charge on any atom is 0.106 e. The molecule has 2 nitrogen and oxygen atoms in total. The number of hydrogen-bond donors (Lipinski definition) is 4. The minimum Gasteiger partial charge on any atom is -0.389 e. The maximum atomic E-state index is 9.69. The molecular weight excluding hydrogens is 216 g/mol. The molecule has 0 amide bonds. The molecule has 1 aromatic carbocycles. The van der Waals surface area contributed by atoms with E-state index < -0.39 is 12.2 Å². The number of aliphatic hydroxyl groups excluding tert-OH is 2. The predicted octanol–water partition coefficient (Wildman–Crippen LogP) is 1.44. The van der Waals surface area contributed by atoms with Crippen LogP contribution in [0.1, 0.15) is 17.2 Å². The molecule has 1 aromatic rings. The molecule has 0 saturated carbocycles. The number of aliphatic hydroxyl groups is 2. The molecule has 4 heteroatoms. The molecule has 0 fully saturated rings. The van der Waals surface area contributed by atoms with Crippen LogP contribution in [0.25, 0.3) is 0 Å². The molecule has 2 unspecified atom stereocenters. The van der Waals surface area contributed by atoms with Crippen LogP contribution in [0.5, 0.6) is 0 Å². The Kier molecular flexibility index (Phi) is 4.81. The van der Waals surface area contributed by atoms with Crippen molar-refractivity contribution in [2.24, 2.45) is 0 Å². The van der Waals surface area contributed by atoms with E-state index in [1.165, 1.54) is 0 Å². The summed E-state index contributed by atoms with van der Waals surface area (Å²) in [7, 11) is 0. The van der Waals surface area contributed by atoms with Crippen LogP contribution in [0, 0.1) is 0 Å². The molecule has 0 aliphatic heterocycles. The Labute approximate surface area is 94.8 Å². The molecule has 0 aliphatic carbocycles. The van der Waals surface area contributed by atoms with E-state index in [4.69, 9.17) is 0 Å². The van der Waals surface area contributed by atoms with Crippen molar-refractivity contribution in [1.29, 1.82) is 0 Å². The van der Waals surface area contributed by atoms with E-state index in [2.05, 4.69) is 25.3 Å². The van der Waals surface area contributed by atoms with Gasteiger partial charge in [-0.1, -0.05) is 24.3 Å². The zero-order chi connectivity index (χ0) is 10.6. The molecule has 2 N–H and O–H groups in total. The summed E-state index contributed by atoms with van der Waals surface area (Å²) < 4.78 is 0. The normalized spacial score (nSPS) is 15.1. The summed E-state index contributed by atoms with van der Waals surface area (Å²) in [5.41, 5.74) is 1.73. The van der Waals surface area contributed by atoms with Gasteiger partial charge in [-0.25, -0.2) is 0 Å². The van der Waals surface area contributed by atoms with Crippen LogP contribution in [0.2, 0.25) is 0 Å². The van der Waals surface area contributed by atoms with Gasteiger partial charge >= 0.3 is 0 Å². The summed E-state index contributed by atoms with van der Waals surface area (Å²) in [6.07, 6.45) is -1.69. The van der Waals surface area contributed by atoms with Gasteiger partial charge in [-0.2, -0.15) is 25.3 Å². The fourth-order valence-corrected chi connectivity index (χ4v) is 1.59. The van der Waals surface area contributed by atoms with E-state index >= 15 is 0 Å². The zero-order valence-electron chi connectivity index (χ0n) is 7.67. The summed E-state index contributed by atoms with van der Waals surface area (Å²) in [6.45, 7) is 0. The molecule has 0 spiro atoms. The standard InChI is InChI=1S/C10H14O2S2/c11-9(6-14)10(12)8-3-1-2-7(4-8)5-13/h1-4,9-14H,5-6H2. The fraction of sp³-hybridized carbons (Fsp3) is 0.400. The summed E-state index contributed by atoms with van der Waals surface area (Å²) in [5.74, 6) is 0.865. The molecule has 0 bridgehead atoms. The van der Waals surface area contributed by atoms with E-state index in [1.807, 2.05) is 18.2 Å². The largest absolute Gasteiger partial charge is 0.389 e. The van der Waals surface area contributed by atoms with Crippen LogP contribution >= 0.6 is 25.3 Å². The Hall–Kier alpha value is -0.160. The Morgan fingerprint density at radius 2 is 1.93 bits per heavy atom. The van der Waals surface area contributed by atoms with Gasteiger partial charge < -0.3 is 10.2 Å². The lowest BCUT2D eigenvalue weighted by Gasteiger charge is -2.16. The molecule has 0 radical (unpaired) electrons. The van der Waals surface area contributed by atoms with Crippen LogP contribution in [-0.2, 0) is 5.75 Å². The van der Waals surface area contributed by atoms with Gasteiger partial charge in [0.25, 0.3) is 0 Å². The summed E-state index contributed by atoms with van der Waals surface area (Å²) in [6, 6.07) is 7.39. The van der Waals surface area contributed by atoms with Crippen molar-refractivity contribution in [1.82, 2.24) is 0 Å². The van der Waals surface area contributed by atoms with Gasteiger partial charge in [0, 0.05) is 11.5 Å². The van der Waals surface area contributed by atoms with E-state index in [-0.39, 0.29) is 5.75 Å². The minimum absolute atomic E-state index is 0.242. The highest BCUT2D eigenvalue weighted by Crippen LogP contribution is 2.19. The van der Waals surface area contributed by atoms with Crippen LogP contribution in [0.15, 0.2) is 24.3 Å². The van der Waals surface area contributed by atoms with Crippen LogP contribution in [0.3, 0.4) is 0 Å². The van der Waals surface area contributed by atoms with Gasteiger partial charge in [-0.05, 0) is 11.1 Å². The summed E-state index contributed by atoms with van der Waals surface area (Å²) >= 11 is 8.07. The maximum absolute atomic E-state index is 9.69. The number of benzene rings is 1. The van der Waals surface area contributed by atoms with Crippen molar-refractivity contribution < 1.29 is 10.2 Å². The van der Waals surface area contributed by atoms with E-state index in [9.17, 15) is 10.2 Å².